The van der Waals surface area contributed by atoms with Gasteiger partial charge in [0.25, 0.3) is 0 Å². The van der Waals surface area contributed by atoms with Crippen LogP contribution in [0.1, 0.15) is 20.3 Å². The Morgan fingerprint density at radius 3 is 1.38 bits per heavy atom. The monoisotopic (exact) mass is 456 g/mol. The van der Waals surface area contributed by atoms with Crippen LogP contribution in [0.4, 0.5) is 0 Å². The standard InChI is InChI=1S/2C9H7.C3H7.C2H5.ClH.Si.Zr/c2*1-2-5-9-7-3-6-8(9)4-1;1-3-2;1-2;;;/h2*1-7H;1,3H2,2H3;1H2,2H3;1H;;/q4*-1;;;. The summed E-state index contributed by atoms with van der Waals surface area (Å²) in [5, 5.41) is 5.32. The molecule has 0 fully saturated rings. The summed E-state index contributed by atoms with van der Waals surface area (Å²) in [5.41, 5.74) is 0. The van der Waals surface area contributed by atoms with Gasteiger partial charge in [0.1, 0.15) is 0 Å². The normalized spacial score (nSPS) is 8.12. The van der Waals surface area contributed by atoms with Crippen LogP contribution in [0.5, 0.6) is 0 Å². The summed E-state index contributed by atoms with van der Waals surface area (Å²) in [7, 11) is 0. The minimum atomic E-state index is 0. The summed E-state index contributed by atoms with van der Waals surface area (Å²) in [6, 6.07) is 29.3. The summed E-state index contributed by atoms with van der Waals surface area (Å²) in [4.78, 5) is 0. The minimum absolute atomic E-state index is 0. The fraction of sp³-hybridized carbons (Fsp3) is 0.130. The predicted octanol–water partition coefficient (Wildman–Crippen LogP) is 7.23. The van der Waals surface area contributed by atoms with E-state index in [0.29, 0.717) is 0 Å². The number of halogens is 1. The molecule has 0 saturated heterocycles. The SMILES string of the molecule is Cl.[CH2-]C.[CH2-]CC.[Si]=[Zr].c1ccc2[cH-]ccc2c1.c1ccc2[cH-]ccc2c1. The molecule has 0 N–H and O–H groups in total. The zero-order chi connectivity index (χ0) is 18.9. The second kappa shape index (κ2) is 18.8. The van der Waals surface area contributed by atoms with Crippen molar-refractivity contribution >= 4 is 40.8 Å². The summed E-state index contributed by atoms with van der Waals surface area (Å²) < 4.78 is 0. The number of hydrogen-bond donors (Lipinski definition) is 0. The van der Waals surface area contributed by atoms with E-state index < -0.39 is 0 Å². The van der Waals surface area contributed by atoms with Crippen molar-refractivity contribution in [3.63, 3.8) is 0 Å². The Kier molecular flexibility index (Phi) is 19.7. The summed E-state index contributed by atoms with van der Waals surface area (Å²) in [5.74, 6) is 0. The molecular formula is C23H27ClSiZr-4. The van der Waals surface area contributed by atoms with Crippen LogP contribution >= 0.6 is 12.4 Å². The molecule has 0 amide bonds. The second-order valence-corrected chi connectivity index (χ2v) is 4.81. The molecule has 0 heterocycles. The van der Waals surface area contributed by atoms with Crippen molar-refractivity contribution in [2.24, 2.45) is 0 Å². The Balaban J connectivity index is 0. The van der Waals surface area contributed by atoms with Crippen LogP contribution in [-0.2, 0) is 23.3 Å². The molecule has 0 atom stereocenters. The maximum absolute atomic E-state index is 3.49. The number of rotatable bonds is 0. The zero-order valence-corrected chi connectivity index (χ0v) is 19.9. The molecule has 0 aromatic heterocycles. The average Bonchev–Trinajstić information content (AvgIpc) is 3.35. The Bertz CT molecular complexity index is 662. The van der Waals surface area contributed by atoms with Crippen molar-refractivity contribution in [3.8, 4) is 0 Å². The van der Waals surface area contributed by atoms with Gasteiger partial charge in [-0.05, 0) is 0 Å². The van der Waals surface area contributed by atoms with E-state index in [1.54, 1.807) is 6.92 Å². The number of benzene rings is 2. The Hall–Kier alpha value is -0.950. The van der Waals surface area contributed by atoms with Crippen LogP contribution in [0.15, 0.2) is 84.9 Å². The fourth-order valence-electron chi connectivity index (χ4n) is 2.14. The summed E-state index contributed by atoms with van der Waals surface area (Å²) >= 11 is 1.36. The molecule has 0 unspecified atom stereocenters. The molecule has 2 radical (unpaired) electrons. The van der Waals surface area contributed by atoms with Gasteiger partial charge in [0, 0.05) is 0 Å². The van der Waals surface area contributed by atoms with Crippen LogP contribution in [0.25, 0.3) is 21.5 Å². The molecule has 0 aliphatic heterocycles. The molecule has 0 saturated carbocycles. The first-order valence-electron chi connectivity index (χ1n) is 8.31. The van der Waals surface area contributed by atoms with E-state index in [-0.39, 0.29) is 12.4 Å². The molecule has 0 spiro atoms. The maximum atomic E-state index is 3.49. The van der Waals surface area contributed by atoms with Crippen molar-refractivity contribution in [2.75, 3.05) is 0 Å². The first-order valence-corrected chi connectivity index (χ1v) is 12.5. The van der Waals surface area contributed by atoms with Crippen molar-refractivity contribution in [2.45, 2.75) is 20.3 Å². The van der Waals surface area contributed by atoms with E-state index >= 15 is 0 Å². The van der Waals surface area contributed by atoms with Gasteiger partial charge >= 0.3 is 30.2 Å². The van der Waals surface area contributed by atoms with Crippen molar-refractivity contribution < 1.29 is 23.3 Å². The van der Waals surface area contributed by atoms with Gasteiger partial charge in [-0.3, -0.25) is 0 Å². The van der Waals surface area contributed by atoms with Gasteiger partial charge < -0.3 is 13.8 Å². The topological polar surface area (TPSA) is 0 Å². The van der Waals surface area contributed by atoms with E-state index in [2.05, 4.69) is 106 Å². The van der Waals surface area contributed by atoms with Gasteiger partial charge in [0.15, 0.2) is 0 Å². The molecule has 26 heavy (non-hydrogen) atoms. The Morgan fingerprint density at radius 1 is 0.769 bits per heavy atom. The average molecular weight is 458 g/mol. The molecular weight excluding hydrogens is 431 g/mol. The molecule has 4 rings (SSSR count). The second-order valence-electron chi connectivity index (χ2n) is 4.81. The van der Waals surface area contributed by atoms with Gasteiger partial charge in [0.2, 0.25) is 0 Å². The molecule has 4 aromatic rings. The van der Waals surface area contributed by atoms with E-state index in [9.17, 15) is 0 Å². The summed E-state index contributed by atoms with van der Waals surface area (Å²) in [6.07, 6.45) is 1.00. The smallest absolute Gasteiger partial charge is 0.0809 e. The molecule has 0 aliphatic carbocycles. The van der Waals surface area contributed by atoms with Crippen LogP contribution < -0.4 is 0 Å². The molecule has 0 aliphatic rings. The first-order chi connectivity index (χ1) is 12.3. The Morgan fingerprint density at radius 2 is 1.08 bits per heavy atom. The van der Waals surface area contributed by atoms with E-state index in [1.807, 2.05) is 6.92 Å². The largest absolute Gasteiger partial charge is 0.168 e. The van der Waals surface area contributed by atoms with Crippen LogP contribution in [0.3, 0.4) is 0 Å². The van der Waals surface area contributed by atoms with Crippen LogP contribution in [0, 0.1) is 13.8 Å². The Labute approximate surface area is 182 Å². The quantitative estimate of drug-likeness (QED) is 0.193. The van der Waals surface area contributed by atoms with E-state index in [1.165, 1.54) is 44.9 Å². The van der Waals surface area contributed by atoms with Gasteiger partial charge in [-0.25, -0.2) is 0 Å². The number of hydrogen-bond acceptors (Lipinski definition) is 0. The van der Waals surface area contributed by atoms with Gasteiger partial charge in [-0.15, -0.1) is 71.7 Å². The van der Waals surface area contributed by atoms with Gasteiger partial charge in [-0.1, -0.05) is 19.1 Å². The van der Waals surface area contributed by atoms with Gasteiger partial charge in [0.05, 0.1) is 0 Å². The third kappa shape index (κ3) is 10.3. The van der Waals surface area contributed by atoms with Gasteiger partial charge in [-0.2, -0.15) is 48.4 Å². The molecule has 4 aromatic carbocycles. The van der Waals surface area contributed by atoms with E-state index in [0.717, 1.165) is 6.42 Å². The van der Waals surface area contributed by atoms with Crippen molar-refractivity contribution in [3.05, 3.63) is 98.8 Å². The van der Waals surface area contributed by atoms with Crippen molar-refractivity contribution in [1.82, 2.24) is 0 Å². The first kappa shape index (κ1) is 27.3. The summed E-state index contributed by atoms with van der Waals surface area (Å²) in [6.45, 7) is 13.6. The molecule has 0 bridgehead atoms. The maximum Gasteiger partial charge on any atom is -0.0809 e. The number of fused-ring (bicyclic) bond motifs is 2. The minimum Gasteiger partial charge on any atom is -0.168 e. The van der Waals surface area contributed by atoms with Crippen molar-refractivity contribution in [1.29, 1.82) is 0 Å². The molecule has 0 nitrogen and oxygen atoms in total. The van der Waals surface area contributed by atoms with E-state index in [4.69, 9.17) is 0 Å². The zero-order valence-electron chi connectivity index (χ0n) is 15.6. The predicted molar refractivity (Wildman–Crippen MR) is 119 cm³/mol. The van der Waals surface area contributed by atoms with Crippen LogP contribution in [-0.4, -0.2) is 6.88 Å². The van der Waals surface area contributed by atoms with Crippen LogP contribution in [0.2, 0.25) is 0 Å². The third-order valence-corrected chi connectivity index (χ3v) is 3.10. The molecule has 3 heteroatoms. The molecule has 138 valence electrons. The fourth-order valence-corrected chi connectivity index (χ4v) is 2.14. The third-order valence-electron chi connectivity index (χ3n) is 3.10.